The molecule has 6 rings (SSSR count). The lowest BCUT2D eigenvalue weighted by molar-refractivity contribution is 0.0691. The van der Waals surface area contributed by atoms with Crippen LogP contribution >= 0.6 is 0 Å². The van der Waals surface area contributed by atoms with E-state index in [1.807, 2.05) is 68.4 Å². The van der Waals surface area contributed by atoms with Crippen LogP contribution in [0.25, 0.3) is 23.0 Å². The lowest BCUT2D eigenvalue weighted by atomic mass is 9.93. The van der Waals surface area contributed by atoms with Crippen molar-refractivity contribution < 1.29 is 14.3 Å². The van der Waals surface area contributed by atoms with E-state index in [0.717, 1.165) is 16.8 Å². The monoisotopic (exact) mass is 548 g/mol. The normalized spacial score (nSPS) is 14.5. The van der Waals surface area contributed by atoms with E-state index < -0.39 is 11.6 Å². The largest absolute Gasteiger partial charge is 0.414 e. The minimum absolute atomic E-state index is 0.00998. The van der Waals surface area contributed by atoms with Gasteiger partial charge in [-0.1, -0.05) is 36.4 Å². The van der Waals surface area contributed by atoms with Crippen molar-refractivity contribution in [1.29, 1.82) is 0 Å². The van der Waals surface area contributed by atoms with Gasteiger partial charge in [0.1, 0.15) is 11.5 Å². The van der Waals surface area contributed by atoms with E-state index in [1.165, 1.54) is 0 Å². The number of fused-ring (bicyclic) bond motifs is 1. The van der Waals surface area contributed by atoms with Gasteiger partial charge in [-0.3, -0.25) is 9.78 Å². The van der Waals surface area contributed by atoms with Gasteiger partial charge in [0.15, 0.2) is 0 Å². The predicted octanol–water partition coefficient (Wildman–Crippen LogP) is 4.80. The van der Waals surface area contributed by atoms with E-state index >= 15 is 0 Å². The highest BCUT2D eigenvalue weighted by Gasteiger charge is 2.40. The molecule has 0 aliphatic carbocycles. The van der Waals surface area contributed by atoms with Crippen LogP contribution in [0.2, 0.25) is 0 Å². The molecule has 1 aliphatic rings. The van der Waals surface area contributed by atoms with Crippen molar-refractivity contribution in [2.45, 2.75) is 25.4 Å². The van der Waals surface area contributed by atoms with Crippen molar-refractivity contribution in [3.8, 4) is 23.0 Å². The van der Waals surface area contributed by atoms with Crippen molar-refractivity contribution in [3.05, 3.63) is 95.8 Å². The summed E-state index contributed by atoms with van der Waals surface area (Å²) in [5.41, 5.74) is 3.76. The van der Waals surface area contributed by atoms with E-state index in [2.05, 4.69) is 30.8 Å². The molecule has 0 saturated heterocycles. The Bertz CT molecular complexity index is 1710. The first kappa shape index (κ1) is 26.1. The number of pyridine rings is 1. The lowest BCUT2D eigenvalue weighted by Crippen LogP contribution is -2.35. The number of rotatable bonds is 8. The summed E-state index contributed by atoms with van der Waals surface area (Å²) in [6, 6.07) is 20.1. The fourth-order valence-electron chi connectivity index (χ4n) is 4.78. The van der Waals surface area contributed by atoms with E-state index in [1.54, 1.807) is 36.5 Å². The molecule has 1 aliphatic heterocycles. The van der Waals surface area contributed by atoms with Crippen LogP contribution in [0.1, 0.15) is 41.4 Å². The zero-order chi connectivity index (χ0) is 28.6. The molecular formula is C30H28N8O3. The van der Waals surface area contributed by atoms with Crippen LogP contribution in [-0.2, 0) is 5.54 Å². The average Bonchev–Trinajstić information content (AvgIpc) is 3.55. The Balaban J connectivity index is 1.36. The molecule has 4 heterocycles. The molecule has 0 bridgehead atoms. The van der Waals surface area contributed by atoms with Gasteiger partial charge in [0, 0.05) is 30.7 Å². The van der Waals surface area contributed by atoms with E-state index in [0.29, 0.717) is 28.6 Å². The number of hydrogen-bond donors (Lipinski definition) is 3. The number of carbonyl (C=O) groups is 1. The number of benzene rings is 2. The Kier molecular flexibility index (Phi) is 6.64. The third-order valence-corrected chi connectivity index (χ3v) is 7.33. The molecule has 0 unspecified atom stereocenters. The minimum Gasteiger partial charge on any atom is -0.414 e. The number of aliphatic hydroxyl groups excluding tert-OH is 1. The number of nitrogens with one attached hydrogen (secondary N) is 2. The SMILES string of the molecule is CN1C(=O)c2ccc(Nc3ncc(-c4nnc(-c5ccccn5)o4)c(N[C@H](CO)c4ccccc4)n3)cc2C1(C)C. The smallest absolute Gasteiger partial charge is 0.266 e. The van der Waals surface area contributed by atoms with E-state index in [9.17, 15) is 9.90 Å². The molecule has 2 aromatic carbocycles. The number of nitrogens with zero attached hydrogens (tertiary/aromatic N) is 6. The molecule has 0 saturated carbocycles. The van der Waals surface area contributed by atoms with Crippen molar-refractivity contribution in [3.63, 3.8) is 0 Å². The molecule has 3 aromatic heterocycles. The van der Waals surface area contributed by atoms with Crippen LogP contribution < -0.4 is 10.6 Å². The number of aliphatic hydroxyl groups is 1. The van der Waals surface area contributed by atoms with Crippen molar-refractivity contribution in [2.24, 2.45) is 0 Å². The molecule has 0 fully saturated rings. The van der Waals surface area contributed by atoms with Crippen LogP contribution in [0, 0.1) is 0 Å². The second kappa shape index (κ2) is 10.4. The number of hydrogen-bond acceptors (Lipinski definition) is 10. The van der Waals surface area contributed by atoms with Gasteiger partial charge in [-0.15, -0.1) is 10.2 Å². The number of aromatic nitrogens is 5. The van der Waals surface area contributed by atoms with Gasteiger partial charge in [-0.05, 0) is 55.3 Å². The lowest BCUT2D eigenvalue weighted by Gasteiger charge is -2.28. The number of amides is 1. The zero-order valence-corrected chi connectivity index (χ0v) is 22.7. The summed E-state index contributed by atoms with van der Waals surface area (Å²) >= 11 is 0. The first-order valence-corrected chi connectivity index (χ1v) is 13.1. The number of anilines is 3. The Morgan fingerprint density at radius 3 is 2.51 bits per heavy atom. The molecule has 5 aromatic rings. The molecule has 0 spiro atoms. The molecule has 11 nitrogen and oxygen atoms in total. The summed E-state index contributed by atoms with van der Waals surface area (Å²) in [7, 11) is 1.80. The summed E-state index contributed by atoms with van der Waals surface area (Å²) in [6.07, 6.45) is 3.23. The van der Waals surface area contributed by atoms with Gasteiger partial charge in [-0.25, -0.2) is 4.98 Å². The first-order chi connectivity index (χ1) is 19.8. The second-order valence-corrected chi connectivity index (χ2v) is 10.2. The van der Waals surface area contributed by atoms with Crippen LogP contribution in [0.15, 0.2) is 83.5 Å². The van der Waals surface area contributed by atoms with Gasteiger partial charge in [0.25, 0.3) is 17.7 Å². The topological polar surface area (TPSA) is 142 Å². The summed E-state index contributed by atoms with van der Waals surface area (Å²) in [4.78, 5) is 27.9. The Hall–Kier alpha value is -5.16. The number of carbonyl (C=O) groups excluding carboxylic acids is 1. The summed E-state index contributed by atoms with van der Waals surface area (Å²) < 4.78 is 5.94. The molecule has 206 valence electrons. The highest BCUT2D eigenvalue weighted by molar-refractivity contribution is 6.00. The highest BCUT2D eigenvalue weighted by Crippen LogP contribution is 2.39. The zero-order valence-electron chi connectivity index (χ0n) is 22.7. The Morgan fingerprint density at radius 2 is 1.76 bits per heavy atom. The van der Waals surface area contributed by atoms with Gasteiger partial charge in [-0.2, -0.15) is 4.98 Å². The van der Waals surface area contributed by atoms with Crippen LogP contribution in [0.3, 0.4) is 0 Å². The second-order valence-electron chi connectivity index (χ2n) is 10.2. The minimum atomic E-state index is -0.460. The maximum Gasteiger partial charge on any atom is 0.266 e. The van der Waals surface area contributed by atoms with Crippen LogP contribution in [0.4, 0.5) is 17.5 Å². The first-order valence-electron chi connectivity index (χ1n) is 13.1. The molecule has 3 N–H and O–H groups in total. The maximum absolute atomic E-state index is 12.7. The third kappa shape index (κ3) is 4.87. The molecule has 1 amide bonds. The maximum atomic E-state index is 12.7. The molecule has 0 radical (unpaired) electrons. The van der Waals surface area contributed by atoms with Gasteiger partial charge in [0.2, 0.25) is 5.95 Å². The van der Waals surface area contributed by atoms with E-state index in [-0.39, 0.29) is 24.3 Å². The highest BCUT2D eigenvalue weighted by atomic mass is 16.4. The summed E-state index contributed by atoms with van der Waals surface area (Å²) in [5, 5.41) is 25.2. The van der Waals surface area contributed by atoms with Crippen LogP contribution in [-0.4, -0.2) is 54.7 Å². The summed E-state index contributed by atoms with van der Waals surface area (Å²) in [6.45, 7) is 3.84. The van der Waals surface area contributed by atoms with Crippen molar-refractivity contribution >= 4 is 23.4 Å². The van der Waals surface area contributed by atoms with Crippen molar-refractivity contribution in [1.82, 2.24) is 30.0 Å². The van der Waals surface area contributed by atoms with Gasteiger partial charge in [0.05, 0.1) is 23.8 Å². The fraction of sp³-hybridized carbons (Fsp3) is 0.200. The van der Waals surface area contributed by atoms with Crippen molar-refractivity contribution in [2.75, 3.05) is 24.3 Å². The van der Waals surface area contributed by atoms with Gasteiger partial charge >= 0.3 is 0 Å². The molecular weight excluding hydrogens is 520 g/mol. The quantitative estimate of drug-likeness (QED) is 0.247. The molecule has 41 heavy (non-hydrogen) atoms. The molecule has 1 atom stereocenters. The van der Waals surface area contributed by atoms with Gasteiger partial charge < -0.3 is 25.1 Å². The Labute approximate surface area is 236 Å². The van der Waals surface area contributed by atoms with E-state index in [4.69, 9.17) is 9.40 Å². The third-order valence-electron chi connectivity index (χ3n) is 7.33. The molecule has 11 heteroatoms. The Morgan fingerprint density at radius 1 is 0.976 bits per heavy atom. The summed E-state index contributed by atoms with van der Waals surface area (Å²) in [5.74, 6) is 1.14. The predicted molar refractivity (Wildman–Crippen MR) is 153 cm³/mol. The standard InChI is InChI=1S/C30H28N8O3/c1-30(2)22-15-19(12-13-20(22)28(40)38(30)3)33-29-32-16-21(26-36-37-27(41-26)23-11-7-8-14-31-23)25(35-29)34-24(17-39)18-9-5-4-6-10-18/h4-16,24,39H,17H2,1-3H3,(H2,32,33,34,35)/t24-/m1/s1. The fourth-order valence-corrected chi connectivity index (χ4v) is 4.78. The van der Waals surface area contributed by atoms with Crippen LogP contribution in [0.5, 0.6) is 0 Å². The average molecular weight is 549 g/mol.